The van der Waals surface area contributed by atoms with Crippen LogP contribution in [0.5, 0.6) is 0 Å². The molecular formula is C12H21N2P. The molecule has 0 radical (unpaired) electrons. The Kier molecular flexibility index (Phi) is 4.94. The van der Waals surface area contributed by atoms with Crippen molar-refractivity contribution in [3.63, 3.8) is 0 Å². The summed E-state index contributed by atoms with van der Waals surface area (Å²) in [4.78, 5) is 2.06. The van der Waals surface area contributed by atoms with Crippen LogP contribution in [0.1, 0.15) is 13.3 Å². The van der Waals surface area contributed by atoms with Crippen LogP contribution in [0.4, 0.5) is 0 Å². The van der Waals surface area contributed by atoms with E-state index >= 15 is 0 Å². The molecule has 3 heteroatoms. The van der Waals surface area contributed by atoms with Gasteiger partial charge in [0, 0.05) is 26.8 Å². The van der Waals surface area contributed by atoms with Gasteiger partial charge in [0.1, 0.15) is 0 Å². The van der Waals surface area contributed by atoms with Crippen molar-refractivity contribution in [3.8, 4) is 0 Å². The summed E-state index contributed by atoms with van der Waals surface area (Å²) in [6, 6.07) is 0. The van der Waals surface area contributed by atoms with Gasteiger partial charge in [-0.25, -0.2) is 0 Å². The molecule has 1 N–H and O–H groups in total. The molecule has 0 heterocycles. The van der Waals surface area contributed by atoms with Gasteiger partial charge in [-0.05, 0) is 31.8 Å². The van der Waals surface area contributed by atoms with Gasteiger partial charge < -0.3 is 10.2 Å². The topological polar surface area (TPSA) is 15.3 Å². The van der Waals surface area contributed by atoms with Gasteiger partial charge in [-0.2, -0.15) is 0 Å². The predicted octanol–water partition coefficient (Wildman–Crippen LogP) is 2.17. The summed E-state index contributed by atoms with van der Waals surface area (Å²) in [6.45, 7) is 5.33. The number of rotatable bonds is 5. The molecule has 0 aliphatic heterocycles. The zero-order valence-corrected chi connectivity index (χ0v) is 11.0. The number of allylic oxidation sites excluding steroid dienone is 1. The summed E-state index contributed by atoms with van der Waals surface area (Å²) in [7, 11) is 5.48. The summed E-state index contributed by atoms with van der Waals surface area (Å²) in [5, 5.41) is 3.31. The van der Waals surface area contributed by atoms with E-state index in [1.807, 2.05) is 20.3 Å². The molecule has 0 amide bonds. The Labute approximate surface area is 94.9 Å². The van der Waals surface area contributed by atoms with E-state index in [1.165, 1.54) is 14.6 Å². The Morgan fingerprint density at radius 1 is 1.60 bits per heavy atom. The zero-order valence-electron chi connectivity index (χ0n) is 10.1. The van der Waals surface area contributed by atoms with Crippen LogP contribution >= 0.6 is 8.20 Å². The van der Waals surface area contributed by atoms with Crippen molar-refractivity contribution in [2.24, 2.45) is 11.8 Å². The van der Waals surface area contributed by atoms with Gasteiger partial charge >= 0.3 is 0 Å². The van der Waals surface area contributed by atoms with Crippen LogP contribution in [-0.2, 0) is 0 Å². The second kappa shape index (κ2) is 6.00. The molecule has 15 heavy (non-hydrogen) atoms. The molecule has 2 atom stereocenters. The lowest BCUT2D eigenvalue weighted by atomic mass is 10.3. The second-order valence-corrected chi connectivity index (χ2v) is 5.06. The molecule has 1 rings (SSSR count). The van der Waals surface area contributed by atoms with Crippen LogP contribution < -0.4 is 5.32 Å². The highest BCUT2D eigenvalue weighted by Gasteiger charge is 2.33. The highest BCUT2D eigenvalue weighted by Crippen LogP contribution is 2.36. The van der Waals surface area contributed by atoms with Crippen molar-refractivity contribution in [3.05, 3.63) is 17.6 Å². The fourth-order valence-electron chi connectivity index (χ4n) is 1.37. The Bertz CT molecular complexity index is 288. The first-order valence-corrected chi connectivity index (χ1v) is 6.81. The number of nitrogens with zero attached hydrogens (tertiary/aromatic N) is 1. The molecule has 2 nitrogen and oxygen atoms in total. The van der Waals surface area contributed by atoms with Gasteiger partial charge in [-0.3, -0.25) is 0 Å². The van der Waals surface area contributed by atoms with E-state index in [1.54, 1.807) is 0 Å². The van der Waals surface area contributed by atoms with Crippen molar-refractivity contribution in [1.29, 1.82) is 0 Å². The first-order chi connectivity index (χ1) is 7.15. The summed E-state index contributed by atoms with van der Waals surface area (Å²) >= 11 is 0. The maximum Gasteiger partial charge on any atom is 0.0542 e. The predicted molar refractivity (Wildman–Crippen MR) is 69.5 cm³/mol. The maximum atomic E-state index is 3.31. The molecule has 1 aliphatic rings. The fourth-order valence-corrected chi connectivity index (χ4v) is 2.12. The van der Waals surface area contributed by atoms with E-state index in [0.29, 0.717) is 0 Å². The quantitative estimate of drug-likeness (QED) is 0.568. The lowest BCUT2D eigenvalue weighted by Gasteiger charge is -2.08. The molecule has 0 aromatic carbocycles. The third-order valence-electron chi connectivity index (χ3n) is 2.75. The average Bonchev–Trinajstić information content (AvgIpc) is 2.91. The molecule has 1 unspecified atom stereocenters. The lowest BCUT2D eigenvalue weighted by molar-refractivity contribution is 0.515. The molecule has 0 aromatic rings. The maximum absolute atomic E-state index is 3.31. The van der Waals surface area contributed by atoms with Crippen LogP contribution in [0.25, 0.3) is 0 Å². The Morgan fingerprint density at radius 2 is 2.33 bits per heavy atom. The van der Waals surface area contributed by atoms with E-state index in [4.69, 9.17) is 0 Å². The molecule has 0 aromatic heterocycles. The van der Waals surface area contributed by atoms with Gasteiger partial charge in [0.15, 0.2) is 0 Å². The molecule has 1 aliphatic carbocycles. The first-order valence-electron chi connectivity index (χ1n) is 5.40. The van der Waals surface area contributed by atoms with Gasteiger partial charge in [0.2, 0.25) is 0 Å². The molecule has 1 saturated carbocycles. The van der Waals surface area contributed by atoms with Crippen molar-refractivity contribution in [2.75, 3.05) is 27.3 Å². The van der Waals surface area contributed by atoms with Gasteiger partial charge in [0.05, 0.1) is 5.70 Å². The highest BCUT2D eigenvalue weighted by molar-refractivity contribution is 7.37. The summed E-state index contributed by atoms with van der Waals surface area (Å²) in [5.74, 6) is 4.11. The van der Waals surface area contributed by atoms with E-state index in [9.17, 15) is 0 Å². The first kappa shape index (κ1) is 12.4. The third-order valence-corrected chi connectivity index (χ3v) is 3.43. The average molecular weight is 224 g/mol. The Morgan fingerprint density at radius 3 is 2.93 bits per heavy atom. The monoisotopic (exact) mass is 224 g/mol. The number of hydrogen-bond donors (Lipinski definition) is 1. The second-order valence-electron chi connectivity index (χ2n) is 4.24. The van der Waals surface area contributed by atoms with Gasteiger partial charge in [0.25, 0.3) is 0 Å². The number of hydrogen-bond acceptors (Lipinski definition) is 2. The molecule has 0 saturated heterocycles. The molecule has 0 bridgehead atoms. The van der Waals surface area contributed by atoms with Crippen LogP contribution in [0.2, 0.25) is 0 Å². The Balaban J connectivity index is 2.20. The van der Waals surface area contributed by atoms with Crippen LogP contribution in [0.15, 0.2) is 17.6 Å². The molecule has 1 fully saturated rings. The van der Waals surface area contributed by atoms with Gasteiger partial charge in [-0.15, -0.1) is 8.20 Å². The van der Waals surface area contributed by atoms with Crippen LogP contribution in [0.3, 0.4) is 0 Å². The van der Waals surface area contributed by atoms with Crippen molar-refractivity contribution >= 4 is 14.0 Å². The SMILES string of the molecule is C/P=C\C1C[C@@H]1CNC=C=C(C)N(C)C. The fraction of sp³-hybridized carbons (Fsp3) is 0.667. The standard InChI is InChI=1S/C12H21N2P/c1-10(14(2)3)5-6-13-8-11-7-12(11)9-15-4/h6,9,11-13H,7-8H2,1-4H3/t5?,11-,12?/m1/s1. The summed E-state index contributed by atoms with van der Waals surface area (Å²) in [6.07, 6.45) is 3.30. The molecule has 84 valence electrons. The van der Waals surface area contributed by atoms with Gasteiger partial charge in [-0.1, -0.05) is 11.5 Å². The van der Waals surface area contributed by atoms with Crippen LogP contribution in [0, 0.1) is 11.8 Å². The van der Waals surface area contributed by atoms with E-state index in [-0.39, 0.29) is 0 Å². The van der Waals surface area contributed by atoms with Crippen LogP contribution in [-0.4, -0.2) is 38.0 Å². The normalized spacial score (nSPS) is 23.5. The van der Waals surface area contributed by atoms with Crippen molar-refractivity contribution in [2.45, 2.75) is 13.3 Å². The van der Waals surface area contributed by atoms with Crippen molar-refractivity contribution < 1.29 is 0 Å². The smallest absolute Gasteiger partial charge is 0.0542 e. The highest BCUT2D eigenvalue weighted by atomic mass is 31.1. The zero-order chi connectivity index (χ0) is 11.3. The van der Waals surface area contributed by atoms with E-state index in [2.05, 4.69) is 35.3 Å². The van der Waals surface area contributed by atoms with E-state index in [0.717, 1.165) is 24.1 Å². The lowest BCUT2D eigenvalue weighted by Crippen LogP contribution is -2.11. The minimum Gasteiger partial charge on any atom is -0.384 e. The summed E-state index contributed by atoms with van der Waals surface area (Å²) in [5.41, 5.74) is 4.35. The molecular weight excluding hydrogens is 203 g/mol. The van der Waals surface area contributed by atoms with E-state index < -0.39 is 0 Å². The minimum absolute atomic E-state index is 0.857. The largest absolute Gasteiger partial charge is 0.384 e. The third kappa shape index (κ3) is 4.55. The minimum atomic E-state index is 0.857. The number of nitrogens with one attached hydrogen (secondary N) is 1. The van der Waals surface area contributed by atoms with Crippen molar-refractivity contribution in [1.82, 2.24) is 10.2 Å². The summed E-state index contributed by atoms with van der Waals surface area (Å²) < 4.78 is 0. The molecule has 0 spiro atoms. The Hall–Kier alpha value is -0.710.